The van der Waals surface area contributed by atoms with Crippen molar-refractivity contribution in [3.05, 3.63) is 65.5 Å². The summed E-state index contributed by atoms with van der Waals surface area (Å²) in [5, 5.41) is 2.18. The van der Waals surface area contributed by atoms with E-state index in [1.807, 2.05) is 77.1 Å². The van der Waals surface area contributed by atoms with Crippen LogP contribution in [-0.2, 0) is 11.3 Å². The van der Waals surface area contributed by atoms with Gasteiger partial charge in [0.1, 0.15) is 11.4 Å². The molecule has 152 valence electrons. The van der Waals surface area contributed by atoms with E-state index in [0.717, 1.165) is 39.0 Å². The zero-order valence-corrected chi connectivity index (χ0v) is 17.9. The van der Waals surface area contributed by atoms with Crippen molar-refractivity contribution >= 4 is 22.6 Å². The third kappa shape index (κ3) is 4.67. The number of hydrogen-bond acceptors (Lipinski definition) is 4. The van der Waals surface area contributed by atoms with Crippen LogP contribution in [0.2, 0.25) is 0 Å². The summed E-state index contributed by atoms with van der Waals surface area (Å²) in [5.41, 5.74) is 2.81. The Balaban J connectivity index is 2.04. The molecule has 0 aliphatic carbocycles. The standard InChI is InChI=1S/C24H28N2O3/c1-16-14-25-21(17(2)22(16)28-6)15-26(23(27)29-24(3,4)5)20-12-11-18-9-7-8-10-19(18)13-20/h7-14H,15H2,1-6H3. The maximum Gasteiger partial charge on any atom is 0.415 e. The molecule has 3 rings (SSSR count). The first-order valence-electron chi connectivity index (χ1n) is 9.68. The predicted octanol–water partition coefficient (Wildman–Crippen LogP) is 5.80. The molecule has 5 heteroatoms. The van der Waals surface area contributed by atoms with Crippen LogP contribution in [0, 0.1) is 13.8 Å². The molecule has 0 aliphatic heterocycles. The van der Waals surface area contributed by atoms with E-state index >= 15 is 0 Å². The van der Waals surface area contributed by atoms with Gasteiger partial charge in [-0.05, 0) is 57.5 Å². The molecule has 29 heavy (non-hydrogen) atoms. The summed E-state index contributed by atoms with van der Waals surface area (Å²) in [6.07, 6.45) is 1.36. The van der Waals surface area contributed by atoms with E-state index in [9.17, 15) is 4.79 Å². The molecule has 5 nitrogen and oxygen atoms in total. The Kier molecular flexibility index (Phi) is 5.78. The fraction of sp³-hybridized carbons (Fsp3) is 0.333. The zero-order chi connectivity index (χ0) is 21.2. The normalized spacial score (nSPS) is 11.4. The summed E-state index contributed by atoms with van der Waals surface area (Å²) in [6.45, 7) is 9.79. The van der Waals surface area contributed by atoms with Gasteiger partial charge in [-0.1, -0.05) is 30.3 Å². The number of carbonyl (C=O) groups is 1. The summed E-state index contributed by atoms with van der Waals surface area (Å²) in [6, 6.07) is 14.0. The monoisotopic (exact) mass is 392 g/mol. The molecule has 0 aliphatic rings. The Morgan fingerprint density at radius 3 is 2.41 bits per heavy atom. The van der Waals surface area contributed by atoms with Gasteiger partial charge in [-0.15, -0.1) is 0 Å². The Hall–Kier alpha value is -3.08. The van der Waals surface area contributed by atoms with Crippen molar-refractivity contribution in [2.45, 2.75) is 46.8 Å². The predicted molar refractivity (Wildman–Crippen MR) is 117 cm³/mol. The Bertz CT molecular complexity index is 1040. The lowest BCUT2D eigenvalue weighted by Gasteiger charge is -2.28. The minimum absolute atomic E-state index is 0.287. The Labute approximate surface area is 172 Å². The average molecular weight is 392 g/mol. The van der Waals surface area contributed by atoms with Crippen LogP contribution in [0.1, 0.15) is 37.6 Å². The number of carbonyl (C=O) groups excluding carboxylic acids is 1. The maximum absolute atomic E-state index is 13.1. The van der Waals surface area contributed by atoms with E-state index < -0.39 is 11.7 Å². The molecule has 0 spiro atoms. The average Bonchev–Trinajstić information content (AvgIpc) is 2.66. The molecule has 0 saturated heterocycles. The molecular weight excluding hydrogens is 364 g/mol. The molecule has 1 amide bonds. The van der Waals surface area contributed by atoms with E-state index in [-0.39, 0.29) is 6.54 Å². The van der Waals surface area contributed by atoms with Gasteiger partial charge in [-0.3, -0.25) is 9.88 Å². The zero-order valence-electron chi connectivity index (χ0n) is 17.9. The quantitative estimate of drug-likeness (QED) is 0.563. The highest BCUT2D eigenvalue weighted by atomic mass is 16.6. The molecule has 0 N–H and O–H groups in total. The van der Waals surface area contributed by atoms with Gasteiger partial charge < -0.3 is 9.47 Å². The highest BCUT2D eigenvalue weighted by Gasteiger charge is 2.25. The van der Waals surface area contributed by atoms with Gasteiger partial charge in [0.25, 0.3) is 0 Å². The smallest absolute Gasteiger partial charge is 0.415 e. The van der Waals surface area contributed by atoms with Crippen molar-refractivity contribution in [2.24, 2.45) is 0 Å². The number of ether oxygens (including phenoxy) is 2. The number of benzene rings is 2. The van der Waals surface area contributed by atoms with Gasteiger partial charge in [-0.2, -0.15) is 0 Å². The van der Waals surface area contributed by atoms with Gasteiger partial charge in [-0.25, -0.2) is 4.79 Å². The number of hydrogen-bond donors (Lipinski definition) is 0. The lowest BCUT2D eigenvalue weighted by atomic mass is 10.1. The van der Waals surface area contributed by atoms with Crippen LogP contribution >= 0.6 is 0 Å². The van der Waals surface area contributed by atoms with Gasteiger partial charge in [0.2, 0.25) is 0 Å². The number of aryl methyl sites for hydroxylation is 1. The van der Waals surface area contributed by atoms with Gasteiger partial charge in [0.15, 0.2) is 0 Å². The van der Waals surface area contributed by atoms with Crippen molar-refractivity contribution in [3.63, 3.8) is 0 Å². The second kappa shape index (κ2) is 8.11. The highest BCUT2D eigenvalue weighted by molar-refractivity contribution is 5.93. The number of aromatic nitrogens is 1. The number of fused-ring (bicyclic) bond motifs is 1. The summed E-state index contributed by atoms with van der Waals surface area (Å²) in [4.78, 5) is 19.3. The maximum atomic E-state index is 13.1. The van der Waals surface area contributed by atoms with Crippen LogP contribution in [0.5, 0.6) is 5.75 Å². The number of nitrogens with zero attached hydrogens (tertiary/aromatic N) is 2. The second-order valence-electron chi connectivity index (χ2n) is 8.14. The molecule has 0 fully saturated rings. The first kappa shape index (κ1) is 20.6. The summed E-state index contributed by atoms with van der Waals surface area (Å²) >= 11 is 0. The fourth-order valence-electron chi connectivity index (χ4n) is 3.30. The van der Waals surface area contributed by atoms with Crippen LogP contribution in [0.25, 0.3) is 10.8 Å². The van der Waals surface area contributed by atoms with Crippen LogP contribution < -0.4 is 9.64 Å². The van der Waals surface area contributed by atoms with Crippen LogP contribution in [0.15, 0.2) is 48.7 Å². The lowest BCUT2D eigenvalue weighted by Crippen LogP contribution is -2.37. The second-order valence-corrected chi connectivity index (χ2v) is 8.14. The number of methoxy groups -OCH3 is 1. The first-order chi connectivity index (χ1) is 13.7. The van der Waals surface area contributed by atoms with E-state index in [1.165, 1.54) is 0 Å². The SMILES string of the molecule is COc1c(C)cnc(CN(C(=O)OC(C)(C)C)c2ccc3ccccc3c2)c1C. The van der Waals surface area contributed by atoms with Crippen molar-refractivity contribution in [1.82, 2.24) is 4.98 Å². The molecule has 1 aromatic heterocycles. The van der Waals surface area contributed by atoms with E-state index in [2.05, 4.69) is 4.98 Å². The molecular formula is C24H28N2O3. The van der Waals surface area contributed by atoms with Gasteiger partial charge in [0, 0.05) is 23.0 Å². The first-order valence-corrected chi connectivity index (χ1v) is 9.68. The highest BCUT2D eigenvalue weighted by Crippen LogP contribution is 2.29. The van der Waals surface area contributed by atoms with Crippen LogP contribution in [0.4, 0.5) is 10.5 Å². The minimum atomic E-state index is -0.598. The largest absolute Gasteiger partial charge is 0.496 e. The third-order valence-corrected chi connectivity index (χ3v) is 4.72. The third-order valence-electron chi connectivity index (χ3n) is 4.72. The molecule has 0 atom stereocenters. The molecule has 0 radical (unpaired) electrons. The van der Waals surface area contributed by atoms with Crippen molar-refractivity contribution in [3.8, 4) is 5.75 Å². The van der Waals surface area contributed by atoms with Gasteiger partial charge >= 0.3 is 6.09 Å². The molecule has 0 bridgehead atoms. The minimum Gasteiger partial charge on any atom is -0.496 e. The van der Waals surface area contributed by atoms with E-state index in [1.54, 1.807) is 18.2 Å². The fourth-order valence-corrected chi connectivity index (χ4v) is 3.30. The van der Waals surface area contributed by atoms with Crippen molar-refractivity contribution < 1.29 is 14.3 Å². The molecule has 0 saturated carbocycles. The lowest BCUT2D eigenvalue weighted by molar-refractivity contribution is 0.0577. The molecule has 1 heterocycles. The van der Waals surface area contributed by atoms with Crippen LogP contribution in [0.3, 0.4) is 0 Å². The van der Waals surface area contributed by atoms with E-state index in [0.29, 0.717) is 0 Å². The Morgan fingerprint density at radius 2 is 1.76 bits per heavy atom. The summed E-state index contributed by atoms with van der Waals surface area (Å²) in [5.74, 6) is 0.789. The van der Waals surface area contributed by atoms with Gasteiger partial charge in [0.05, 0.1) is 19.3 Å². The van der Waals surface area contributed by atoms with E-state index in [4.69, 9.17) is 9.47 Å². The summed E-state index contributed by atoms with van der Waals surface area (Å²) in [7, 11) is 1.65. The Morgan fingerprint density at radius 1 is 1.07 bits per heavy atom. The van der Waals surface area contributed by atoms with Crippen molar-refractivity contribution in [1.29, 1.82) is 0 Å². The number of amides is 1. The number of rotatable bonds is 4. The summed E-state index contributed by atoms with van der Waals surface area (Å²) < 4.78 is 11.2. The number of anilines is 1. The molecule has 0 unspecified atom stereocenters. The number of pyridine rings is 1. The molecule has 3 aromatic rings. The van der Waals surface area contributed by atoms with Crippen molar-refractivity contribution in [2.75, 3.05) is 12.0 Å². The van der Waals surface area contributed by atoms with Crippen LogP contribution in [-0.4, -0.2) is 23.8 Å². The topological polar surface area (TPSA) is 51.7 Å². The molecule has 2 aromatic carbocycles.